The molecule has 0 radical (unpaired) electrons. The Morgan fingerprint density at radius 2 is 2.00 bits per heavy atom. The maximum Gasteiger partial charge on any atom is 0.411 e. The summed E-state index contributed by atoms with van der Waals surface area (Å²) in [5.74, 6) is 2.33. The highest BCUT2D eigenvalue weighted by molar-refractivity contribution is 4.84. The lowest BCUT2D eigenvalue weighted by molar-refractivity contribution is -0.175. The maximum absolute atomic E-state index is 11.6. The minimum atomic E-state index is -4.30. The molecule has 0 fully saturated rings. The first kappa shape index (κ1) is 13.3. The average Bonchev–Trinajstić information content (AvgIpc) is 2.07. The molecular formula is C9H13F3O2. The number of aliphatic hydroxyl groups is 1. The highest BCUT2D eigenvalue weighted by atomic mass is 19.4. The minimum absolute atomic E-state index is 0.106. The van der Waals surface area contributed by atoms with E-state index in [1.54, 1.807) is 0 Å². The van der Waals surface area contributed by atoms with Crippen molar-refractivity contribution < 1.29 is 23.0 Å². The summed E-state index contributed by atoms with van der Waals surface area (Å²) < 4.78 is 39.0. The highest BCUT2D eigenvalue weighted by Crippen LogP contribution is 2.14. The van der Waals surface area contributed by atoms with Gasteiger partial charge in [0.05, 0.1) is 6.10 Å². The van der Waals surface area contributed by atoms with Crippen molar-refractivity contribution in [1.82, 2.24) is 0 Å². The average molecular weight is 210 g/mol. The van der Waals surface area contributed by atoms with E-state index in [1.807, 2.05) is 0 Å². The second kappa shape index (κ2) is 6.68. The first-order valence-electron chi connectivity index (χ1n) is 4.21. The molecule has 0 aliphatic rings. The first-order valence-corrected chi connectivity index (χ1v) is 4.21. The van der Waals surface area contributed by atoms with Crippen molar-refractivity contribution in [2.45, 2.75) is 31.5 Å². The Hall–Kier alpha value is -0.730. The summed E-state index contributed by atoms with van der Waals surface area (Å²) in [6.07, 6.45) is 0.955. The van der Waals surface area contributed by atoms with E-state index >= 15 is 0 Å². The molecule has 0 aromatic carbocycles. The number of terminal acetylenes is 1. The molecule has 0 aromatic rings. The molecule has 0 saturated heterocycles. The zero-order valence-corrected chi connectivity index (χ0v) is 7.68. The van der Waals surface area contributed by atoms with E-state index in [0.29, 0.717) is 12.8 Å². The SMILES string of the molecule is C#CCCC(O)CCOCC(F)(F)F. The van der Waals surface area contributed by atoms with Gasteiger partial charge in [0, 0.05) is 13.0 Å². The van der Waals surface area contributed by atoms with Crippen molar-refractivity contribution in [3.8, 4) is 12.3 Å². The number of hydrogen-bond acceptors (Lipinski definition) is 2. The monoisotopic (exact) mass is 210 g/mol. The molecule has 14 heavy (non-hydrogen) atoms. The Bertz CT molecular complexity index is 183. The van der Waals surface area contributed by atoms with Crippen LogP contribution < -0.4 is 0 Å². The van der Waals surface area contributed by atoms with Crippen LogP contribution in [0.25, 0.3) is 0 Å². The normalized spacial score (nSPS) is 13.6. The number of rotatable bonds is 6. The van der Waals surface area contributed by atoms with Crippen LogP contribution >= 0.6 is 0 Å². The molecule has 82 valence electrons. The van der Waals surface area contributed by atoms with Crippen molar-refractivity contribution in [3.63, 3.8) is 0 Å². The van der Waals surface area contributed by atoms with Crippen LogP contribution in [0.4, 0.5) is 13.2 Å². The zero-order valence-electron chi connectivity index (χ0n) is 7.68. The van der Waals surface area contributed by atoms with Crippen molar-refractivity contribution >= 4 is 0 Å². The minimum Gasteiger partial charge on any atom is -0.393 e. The van der Waals surface area contributed by atoms with Crippen LogP contribution in [0.5, 0.6) is 0 Å². The fourth-order valence-corrected chi connectivity index (χ4v) is 0.802. The smallest absolute Gasteiger partial charge is 0.393 e. The fraction of sp³-hybridized carbons (Fsp3) is 0.778. The van der Waals surface area contributed by atoms with Crippen molar-refractivity contribution in [2.75, 3.05) is 13.2 Å². The van der Waals surface area contributed by atoms with E-state index in [2.05, 4.69) is 10.7 Å². The number of hydrogen-bond donors (Lipinski definition) is 1. The lowest BCUT2D eigenvalue weighted by Gasteiger charge is -2.10. The van der Waals surface area contributed by atoms with E-state index in [4.69, 9.17) is 11.5 Å². The lowest BCUT2D eigenvalue weighted by atomic mass is 10.1. The van der Waals surface area contributed by atoms with E-state index < -0.39 is 18.9 Å². The molecule has 1 N–H and O–H groups in total. The van der Waals surface area contributed by atoms with Gasteiger partial charge < -0.3 is 9.84 Å². The predicted molar refractivity (Wildman–Crippen MR) is 45.6 cm³/mol. The van der Waals surface area contributed by atoms with Crippen molar-refractivity contribution in [3.05, 3.63) is 0 Å². The van der Waals surface area contributed by atoms with Crippen LogP contribution in [0.3, 0.4) is 0 Å². The first-order chi connectivity index (χ1) is 6.45. The molecule has 0 heterocycles. The molecule has 0 spiro atoms. The fourth-order valence-electron chi connectivity index (χ4n) is 0.802. The summed E-state index contributed by atoms with van der Waals surface area (Å²) in [4.78, 5) is 0. The predicted octanol–water partition coefficient (Wildman–Crippen LogP) is 1.73. The van der Waals surface area contributed by atoms with Crippen LogP contribution in [0.2, 0.25) is 0 Å². The van der Waals surface area contributed by atoms with E-state index in [9.17, 15) is 13.2 Å². The quantitative estimate of drug-likeness (QED) is 0.534. The van der Waals surface area contributed by atoms with Gasteiger partial charge in [0.2, 0.25) is 0 Å². The molecule has 5 heteroatoms. The number of ether oxygens (including phenoxy) is 1. The van der Waals surface area contributed by atoms with Gasteiger partial charge in [-0.2, -0.15) is 13.2 Å². The van der Waals surface area contributed by atoms with Gasteiger partial charge in [-0.05, 0) is 12.8 Å². The molecular weight excluding hydrogens is 197 g/mol. The Morgan fingerprint density at radius 3 is 2.50 bits per heavy atom. The van der Waals surface area contributed by atoms with Gasteiger partial charge in [-0.25, -0.2) is 0 Å². The number of alkyl halides is 3. The molecule has 0 aliphatic heterocycles. The Kier molecular flexibility index (Phi) is 6.34. The summed E-state index contributed by atoms with van der Waals surface area (Å²) >= 11 is 0. The van der Waals surface area contributed by atoms with Gasteiger partial charge in [0.1, 0.15) is 6.61 Å². The number of halogens is 3. The third-order valence-electron chi connectivity index (χ3n) is 1.48. The third-order valence-corrected chi connectivity index (χ3v) is 1.48. The van der Waals surface area contributed by atoms with E-state index in [1.165, 1.54) is 0 Å². The van der Waals surface area contributed by atoms with Gasteiger partial charge >= 0.3 is 6.18 Å². The van der Waals surface area contributed by atoms with Gasteiger partial charge in [-0.3, -0.25) is 0 Å². The van der Waals surface area contributed by atoms with Gasteiger partial charge in [-0.1, -0.05) is 0 Å². The van der Waals surface area contributed by atoms with Gasteiger partial charge in [-0.15, -0.1) is 12.3 Å². The van der Waals surface area contributed by atoms with Crippen LogP contribution in [0.15, 0.2) is 0 Å². The number of aliphatic hydroxyl groups excluding tert-OH is 1. The van der Waals surface area contributed by atoms with E-state index in [-0.39, 0.29) is 13.0 Å². The standard InChI is InChI=1S/C9H13F3O2/c1-2-3-4-8(13)5-6-14-7-9(10,11)12/h1,8,13H,3-7H2. The molecule has 0 amide bonds. The second-order valence-corrected chi connectivity index (χ2v) is 2.85. The molecule has 0 rings (SSSR count). The summed E-state index contributed by atoms with van der Waals surface area (Å²) in [5.41, 5.74) is 0. The summed E-state index contributed by atoms with van der Waals surface area (Å²) in [6, 6.07) is 0. The lowest BCUT2D eigenvalue weighted by Crippen LogP contribution is -2.19. The molecule has 1 atom stereocenters. The van der Waals surface area contributed by atoms with Gasteiger partial charge in [0.25, 0.3) is 0 Å². The Morgan fingerprint density at radius 1 is 1.36 bits per heavy atom. The molecule has 0 bridgehead atoms. The Labute approximate surface area is 81.1 Å². The molecule has 2 nitrogen and oxygen atoms in total. The summed E-state index contributed by atoms with van der Waals surface area (Å²) in [7, 11) is 0. The van der Waals surface area contributed by atoms with Crippen LogP contribution in [0, 0.1) is 12.3 Å². The summed E-state index contributed by atoms with van der Waals surface area (Å²) in [6.45, 7) is -1.37. The molecule has 1 unspecified atom stereocenters. The molecule has 0 aromatic heterocycles. The highest BCUT2D eigenvalue weighted by Gasteiger charge is 2.27. The van der Waals surface area contributed by atoms with Crippen LogP contribution in [-0.4, -0.2) is 30.6 Å². The van der Waals surface area contributed by atoms with Crippen molar-refractivity contribution in [2.24, 2.45) is 0 Å². The van der Waals surface area contributed by atoms with Crippen LogP contribution in [0.1, 0.15) is 19.3 Å². The molecule has 0 saturated carbocycles. The zero-order chi connectivity index (χ0) is 11.0. The van der Waals surface area contributed by atoms with Crippen molar-refractivity contribution in [1.29, 1.82) is 0 Å². The van der Waals surface area contributed by atoms with Crippen LogP contribution in [-0.2, 0) is 4.74 Å². The Balaban J connectivity index is 3.32. The van der Waals surface area contributed by atoms with E-state index in [0.717, 1.165) is 0 Å². The van der Waals surface area contributed by atoms with Gasteiger partial charge in [0.15, 0.2) is 0 Å². The largest absolute Gasteiger partial charge is 0.411 e. The maximum atomic E-state index is 11.6. The topological polar surface area (TPSA) is 29.5 Å². The second-order valence-electron chi connectivity index (χ2n) is 2.85. The molecule has 0 aliphatic carbocycles. The summed E-state index contributed by atoms with van der Waals surface area (Å²) in [5, 5.41) is 9.15. The third kappa shape index (κ3) is 9.36.